The lowest BCUT2D eigenvalue weighted by Crippen LogP contribution is -2.40. The van der Waals surface area contributed by atoms with Crippen LogP contribution in [0.5, 0.6) is 0 Å². The molecule has 0 amide bonds. The van der Waals surface area contributed by atoms with Gasteiger partial charge in [0.05, 0.1) is 0 Å². The number of rotatable bonds is 5. The molecular formula is C12H16FNO2. The van der Waals surface area contributed by atoms with Crippen LogP contribution in [0, 0.1) is 11.7 Å². The molecule has 4 heteroatoms. The summed E-state index contributed by atoms with van der Waals surface area (Å²) in [5.74, 6) is -1.20. The second-order valence-electron chi connectivity index (χ2n) is 4.07. The van der Waals surface area contributed by atoms with E-state index < -0.39 is 12.0 Å². The molecule has 0 fully saturated rings. The normalized spacial score (nSPS) is 12.8. The van der Waals surface area contributed by atoms with Crippen LogP contribution in [0.1, 0.15) is 19.4 Å². The smallest absolute Gasteiger partial charge is 0.320 e. The van der Waals surface area contributed by atoms with Gasteiger partial charge in [0.25, 0.3) is 0 Å². The lowest BCUT2D eigenvalue weighted by molar-refractivity contribution is -0.140. The minimum Gasteiger partial charge on any atom is -0.480 e. The molecule has 16 heavy (non-hydrogen) atoms. The summed E-state index contributed by atoms with van der Waals surface area (Å²) in [6, 6.07) is 5.52. The molecule has 1 aromatic rings. The molecule has 1 aromatic carbocycles. The monoisotopic (exact) mass is 225 g/mol. The Morgan fingerprint density at radius 3 is 2.69 bits per heavy atom. The van der Waals surface area contributed by atoms with Crippen LogP contribution in [0.2, 0.25) is 0 Å². The molecule has 0 aliphatic carbocycles. The molecule has 0 heterocycles. The molecule has 3 nitrogen and oxygen atoms in total. The Morgan fingerprint density at radius 1 is 1.50 bits per heavy atom. The maximum atomic E-state index is 12.9. The lowest BCUT2D eigenvalue weighted by atomic mass is 10.0. The Balaban J connectivity index is 2.59. The predicted octanol–water partition coefficient (Wildman–Crippen LogP) is 2.02. The van der Waals surface area contributed by atoms with Gasteiger partial charge in [0.1, 0.15) is 11.9 Å². The Bertz CT molecular complexity index is 366. The van der Waals surface area contributed by atoms with Crippen LogP contribution < -0.4 is 5.32 Å². The molecule has 0 aliphatic heterocycles. The van der Waals surface area contributed by atoms with E-state index in [1.165, 1.54) is 12.1 Å². The first-order chi connectivity index (χ1) is 7.50. The topological polar surface area (TPSA) is 49.3 Å². The van der Waals surface area contributed by atoms with Crippen molar-refractivity contribution in [3.8, 4) is 0 Å². The third kappa shape index (κ3) is 3.62. The van der Waals surface area contributed by atoms with Gasteiger partial charge in [0, 0.05) is 6.54 Å². The Morgan fingerprint density at radius 2 is 2.19 bits per heavy atom. The minimum atomic E-state index is -0.883. The number of aliphatic carboxylic acids is 1. The van der Waals surface area contributed by atoms with Gasteiger partial charge in [0.2, 0.25) is 0 Å². The third-order valence-corrected chi connectivity index (χ3v) is 2.35. The van der Waals surface area contributed by atoms with E-state index >= 15 is 0 Å². The maximum absolute atomic E-state index is 12.9. The van der Waals surface area contributed by atoms with Crippen molar-refractivity contribution in [2.45, 2.75) is 26.4 Å². The van der Waals surface area contributed by atoms with Crippen molar-refractivity contribution in [1.82, 2.24) is 5.32 Å². The molecular weight excluding hydrogens is 209 g/mol. The summed E-state index contributed by atoms with van der Waals surface area (Å²) in [6.45, 7) is 4.02. The quantitative estimate of drug-likeness (QED) is 0.806. The number of carboxylic acids is 1. The number of hydrogen-bond donors (Lipinski definition) is 2. The lowest BCUT2D eigenvalue weighted by Gasteiger charge is -2.17. The van der Waals surface area contributed by atoms with Crippen molar-refractivity contribution in [1.29, 1.82) is 0 Å². The first-order valence-electron chi connectivity index (χ1n) is 5.21. The second-order valence-corrected chi connectivity index (χ2v) is 4.07. The number of hydrogen-bond acceptors (Lipinski definition) is 2. The molecule has 1 atom stereocenters. The van der Waals surface area contributed by atoms with Gasteiger partial charge in [0.15, 0.2) is 0 Å². The van der Waals surface area contributed by atoms with Gasteiger partial charge < -0.3 is 10.4 Å². The van der Waals surface area contributed by atoms with E-state index in [1.54, 1.807) is 12.1 Å². The molecule has 0 saturated heterocycles. The van der Waals surface area contributed by atoms with Crippen LogP contribution in [0.15, 0.2) is 24.3 Å². The van der Waals surface area contributed by atoms with Crippen molar-refractivity contribution in [2.24, 2.45) is 5.92 Å². The Kier molecular flexibility index (Phi) is 4.43. The average molecular weight is 225 g/mol. The van der Waals surface area contributed by atoms with Crippen molar-refractivity contribution in [3.63, 3.8) is 0 Å². The van der Waals surface area contributed by atoms with E-state index in [0.717, 1.165) is 5.56 Å². The average Bonchev–Trinajstić information content (AvgIpc) is 2.16. The van der Waals surface area contributed by atoms with Crippen LogP contribution >= 0.6 is 0 Å². The predicted molar refractivity (Wildman–Crippen MR) is 59.5 cm³/mol. The largest absolute Gasteiger partial charge is 0.480 e. The molecule has 0 aromatic heterocycles. The van der Waals surface area contributed by atoms with Gasteiger partial charge in [-0.05, 0) is 23.6 Å². The highest BCUT2D eigenvalue weighted by Gasteiger charge is 2.20. The zero-order chi connectivity index (χ0) is 12.1. The highest BCUT2D eigenvalue weighted by molar-refractivity contribution is 5.73. The number of benzene rings is 1. The van der Waals surface area contributed by atoms with E-state index in [2.05, 4.69) is 5.32 Å². The van der Waals surface area contributed by atoms with Crippen LogP contribution in [0.4, 0.5) is 4.39 Å². The van der Waals surface area contributed by atoms with Crippen molar-refractivity contribution >= 4 is 5.97 Å². The van der Waals surface area contributed by atoms with E-state index in [0.29, 0.717) is 6.54 Å². The number of carboxylic acid groups (broad SMARTS) is 1. The maximum Gasteiger partial charge on any atom is 0.320 e. The van der Waals surface area contributed by atoms with Gasteiger partial charge in [-0.3, -0.25) is 4.79 Å². The summed E-state index contributed by atoms with van der Waals surface area (Å²) in [5.41, 5.74) is 0.743. The van der Waals surface area contributed by atoms with Crippen molar-refractivity contribution in [3.05, 3.63) is 35.6 Å². The van der Waals surface area contributed by atoms with Crippen LogP contribution in [-0.4, -0.2) is 17.1 Å². The van der Waals surface area contributed by atoms with Crippen LogP contribution in [0.25, 0.3) is 0 Å². The third-order valence-electron chi connectivity index (χ3n) is 2.35. The van der Waals surface area contributed by atoms with E-state index in [1.807, 2.05) is 13.8 Å². The van der Waals surface area contributed by atoms with Gasteiger partial charge in [-0.25, -0.2) is 4.39 Å². The van der Waals surface area contributed by atoms with Crippen molar-refractivity contribution < 1.29 is 14.3 Å². The summed E-state index contributed by atoms with van der Waals surface area (Å²) in [4.78, 5) is 10.9. The fraction of sp³-hybridized carbons (Fsp3) is 0.417. The first-order valence-corrected chi connectivity index (χ1v) is 5.21. The highest BCUT2D eigenvalue weighted by Crippen LogP contribution is 2.06. The molecule has 88 valence electrons. The number of halogens is 1. The van der Waals surface area contributed by atoms with Crippen LogP contribution in [0.3, 0.4) is 0 Å². The second kappa shape index (κ2) is 5.61. The van der Waals surface area contributed by atoms with Gasteiger partial charge in [-0.1, -0.05) is 26.0 Å². The fourth-order valence-electron chi connectivity index (χ4n) is 1.48. The molecule has 0 saturated carbocycles. The number of nitrogens with one attached hydrogen (secondary N) is 1. The molecule has 0 spiro atoms. The van der Waals surface area contributed by atoms with Gasteiger partial charge in [-0.15, -0.1) is 0 Å². The van der Waals surface area contributed by atoms with Gasteiger partial charge >= 0.3 is 5.97 Å². The Hall–Kier alpha value is -1.42. The summed E-state index contributed by atoms with van der Waals surface area (Å²) in [7, 11) is 0. The molecule has 1 rings (SSSR count). The first kappa shape index (κ1) is 12.6. The summed E-state index contributed by atoms with van der Waals surface area (Å²) in [5, 5.41) is 11.8. The fourth-order valence-corrected chi connectivity index (χ4v) is 1.48. The molecule has 2 N–H and O–H groups in total. The summed E-state index contributed by atoms with van der Waals surface area (Å²) < 4.78 is 12.9. The summed E-state index contributed by atoms with van der Waals surface area (Å²) in [6.07, 6.45) is 0. The molecule has 0 unspecified atom stereocenters. The van der Waals surface area contributed by atoms with E-state index in [4.69, 9.17) is 5.11 Å². The minimum absolute atomic E-state index is 0.00828. The van der Waals surface area contributed by atoms with E-state index in [-0.39, 0.29) is 11.7 Å². The van der Waals surface area contributed by atoms with Gasteiger partial charge in [-0.2, -0.15) is 0 Å². The molecule has 0 bridgehead atoms. The standard InChI is InChI=1S/C12H16FNO2/c1-8(2)11(12(15)16)14-7-9-4-3-5-10(13)6-9/h3-6,8,11,14H,7H2,1-2H3,(H,15,16)/t11-/m0/s1. The van der Waals surface area contributed by atoms with Crippen LogP contribution in [-0.2, 0) is 11.3 Å². The highest BCUT2D eigenvalue weighted by atomic mass is 19.1. The van der Waals surface area contributed by atoms with Crippen molar-refractivity contribution in [2.75, 3.05) is 0 Å². The zero-order valence-corrected chi connectivity index (χ0v) is 9.40. The van der Waals surface area contributed by atoms with E-state index in [9.17, 15) is 9.18 Å². The SMILES string of the molecule is CC(C)[C@H](NCc1cccc(F)c1)C(=O)O. The summed E-state index contributed by atoms with van der Waals surface area (Å²) >= 11 is 0. The number of carbonyl (C=O) groups is 1. The molecule has 0 radical (unpaired) electrons. The Labute approximate surface area is 94.3 Å². The molecule has 0 aliphatic rings. The zero-order valence-electron chi connectivity index (χ0n) is 9.40.